The van der Waals surface area contributed by atoms with Gasteiger partial charge >= 0.3 is 5.97 Å². The first kappa shape index (κ1) is 24.6. The van der Waals surface area contributed by atoms with E-state index in [9.17, 15) is 14.7 Å². The number of carboxylic acids is 1. The predicted octanol–water partition coefficient (Wildman–Crippen LogP) is 4.33. The Morgan fingerprint density at radius 2 is 1.74 bits per heavy atom. The highest BCUT2D eigenvalue weighted by molar-refractivity contribution is 6.09. The van der Waals surface area contributed by atoms with E-state index in [0.29, 0.717) is 30.2 Å². The smallest absolute Gasteiger partial charge is 0.328 e. The summed E-state index contributed by atoms with van der Waals surface area (Å²) in [7, 11) is 1.96. The molecule has 7 heteroatoms. The van der Waals surface area contributed by atoms with E-state index in [4.69, 9.17) is 4.74 Å². The first-order chi connectivity index (χ1) is 16.4. The van der Waals surface area contributed by atoms with Crippen molar-refractivity contribution in [2.45, 2.75) is 25.8 Å². The van der Waals surface area contributed by atoms with E-state index in [1.807, 2.05) is 60.5 Å². The van der Waals surface area contributed by atoms with E-state index in [1.165, 1.54) is 0 Å². The molecule has 0 amide bonds. The summed E-state index contributed by atoms with van der Waals surface area (Å²) in [5, 5.41) is 9.62. The van der Waals surface area contributed by atoms with Crippen LogP contribution in [0.4, 0.5) is 5.82 Å². The molecule has 176 valence electrons. The maximum Gasteiger partial charge on any atom is 0.328 e. The van der Waals surface area contributed by atoms with E-state index < -0.39 is 12.0 Å². The van der Waals surface area contributed by atoms with Gasteiger partial charge in [-0.25, -0.2) is 9.78 Å². The first-order valence-electron chi connectivity index (χ1n) is 11.1. The molecular weight excluding hydrogens is 430 g/mol. The molecule has 0 saturated carbocycles. The number of aromatic nitrogens is 1. The van der Waals surface area contributed by atoms with Crippen molar-refractivity contribution in [2.75, 3.05) is 25.1 Å². The average Bonchev–Trinajstić information content (AvgIpc) is 2.85. The van der Waals surface area contributed by atoms with Gasteiger partial charge in [0.2, 0.25) is 0 Å². The molecule has 1 heterocycles. The summed E-state index contributed by atoms with van der Waals surface area (Å²) in [5.41, 5.74) is 1.92. The normalized spacial score (nSPS) is 12.1. The quantitative estimate of drug-likeness (QED) is 0.320. The number of hydrogen-bond donors (Lipinski definition) is 1. The summed E-state index contributed by atoms with van der Waals surface area (Å²) in [5.74, 6) is 0.478. The van der Waals surface area contributed by atoms with Crippen molar-refractivity contribution in [1.29, 1.82) is 0 Å². The lowest BCUT2D eigenvalue weighted by Crippen LogP contribution is -2.24. The molecular formula is C27H29N3O4. The van der Waals surface area contributed by atoms with Crippen molar-refractivity contribution in [3.05, 3.63) is 90.1 Å². The van der Waals surface area contributed by atoms with E-state index >= 15 is 0 Å². The standard InChI is InChI=1S/C27H29N3O4/c1-20(18-25(31)22-8-4-3-5-9-22)29-24(27(32)33)19-21-11-13-23(14-12-21)34-17-16-30(2)26-10-6-7-15-28-26/h3-15,24H,16-19H2,1-2H3,(H,32,33). The topological polar surface area (TPSA) is 92.1 Å². The molecule has 0 aliphatic rings. The zero-order valence-electron chi connectivity index (χ0n) is 19.4. The fourth-order valence-corrected chi connectivity index (χ4v) is 3.40. The first-order valence-corrected chi connectivity index (χ1v) is 11.1. The van der Waals surface area contributed by atoms with Crippen LogP contribution in [-0.4, -0.2) is 53.8 Å². The summed E-state index contributed by atoms with van der Waals surface area (Å²) in [6.45, 7) is 2.86. The van der Waals surface area contributed by atoms with Gasteiger partial charge in [0.05, 0.1) is 6.54 Å². The third-order valence-electron chi connectivity index (χ3n) is 5.26. The number of aliphatic imine (C=N–C) groups is 1. The summed E-state index contributed by atoms with van der Waals surface area (Å²) >= 11 is 0. The molecule has 1 N–H and O–H groups in total. The number of carboxylic acid groups (broad SMARTS) is 1. The van der Waals surface area contributed by atoms with Gasteiger partial charge in [0.15, 0.2) is 11.8 Å². The molecule has 3 rings (SSSR count). The second kappa shape index (κ2) is 12.3. The molecule has 34 heavy (non-hydrogen) atoms. The lowest BCUT2D eigenvalue weighted by atomic mass is 10.0. The van der Waals surface area contributed by atoms with Gasteiger partial charge in [-0.15, -0.1) is 0 Å². The Morgan fingerprint density at radius 3 is 2.38 bits per heavy atom. The van der Waals surface area contributed by atoms with Gasteiger partial charge in [-0.2, -0.15) is 0 Å². The van der Waals surface area contributed by atoms with Gasteiger partial charge in [0.25, 0.3) is 0 Å². The Labute approximate surface area is 199 Å². The number of aliphatic carboxylic acids is 1. The SMILES string of the molecule is CC(CC(=O)c1ccccc1)=NC(Cc1ccc(OCCN(C)c2ccccn2)cc1)C(=O)O. The highest BCUT2D eigenvalue weighted by Crippen LogP contribution is 2.16. The minimum atomic E-state index is -1.02. The van der Waals surface area contributed by atoms with E-state index in [0.717, 1.165) is 11.4 Å². The molecule has 0 fully saturated rings. The number of nitrogens with zero attached hydrogens (tertiary/aromatic N) is 3. The zero-order valence-corrected chi connectivity index (χ0v) is 19.4. The third-order valence-corrected chi connectivity index (χ3v) is 5.26. The molecule has 1 aromatic heterocycles. The largest absolute Gasteiger partial charge is 0.492 e. The van der Waals surface area contributed by atoms with Crippen molar-refractivity contribution < 1.29 is 19.4 Å². The van der Waals surface area contributed by atoms with Gasteiger partial charge < -0.3 is 14.7 Å². The van der Waals surface area contributed by atoms with Crippen LogP contribution in [0.3, 0.4) is 0 Å². The minimum Gasteiger partial charge on any atom is -0.492 e. The van der Waals surface area contributed by atoms with Crippen LogP contribution in [0.1, 0.15) is 29.3 Å². The Bertz CT molecular complexity index is 1100. The highest BCUT2D eigenvalue weighted by Gasteiger charge is 2.18. The van der Waals surface area contributed by atoms with Crippen LogP contribution in [0.15, 0.2) is 84.0 Å². The van der Waals surface area contributed by atoms with Gasteiger partial charge in [0, 0.05) is 37.4 Å². The average molecular weight is 460 g/mol. The number of benzene rings is 2. The summed E-state index contributed by atoms with van der Waals surface area (Å²) in [4.78, 5) is 34.7. The maximum absolute atomic E-state index is 12.4. The molecule has 0 saturated heterocycles. The van der Waals surface area contributed by atoms with Gasteiger partial charge in [-0.3, -0.25) is 9.79 Å². The predicted molar refractivity (Wildman–Crippen MR) is 133 cm³/mol. The second-order valence-electron chi connectivity index (χ2n) is 7.99. The third kappa shape index (κ3) is 7.55. The Balaban J connectivity index is 1.52. The number of carbonyl (C=O) groups excluding carboxylic acids is 1. The van der Waals surface area contributed by atoms with E-state index in [1.54, 1.807) is 37.4 Å². The number of hydrogen-bond acceptors (Lipinski definition) is 6. The van der Waals surface area contributed by atoms with Crippen molar-refractivity contribution in [2.24, 2.45) is 4.99 Å². The molecule has 0 aliphatic heterocycles. The number of ether oxygens (including phenoxy) is 1. The Kier molecular flexibility index (Phi) is 8.91. The van der Waals surface area contributed by atoms with Crippen molar-refractivity contribution in [3.8, 4) is 5.75 Å². The van der Waals surface area contributed by atoms with Crippen LogP contribution in [0.5, 0.6) is 5.75 Å². The summed E-state index contributed by atoms with van der Waals surface area (Å²) in [6, 6.07) is 21.0. The van der Waals surface area contributed by atoms with Crippen molar-refractivity contribution in [3.63, 3.8) is 0 Å². The summed E-state index contributed by atoms with van der Waals surface area (Å²) < 4.78 is 5.81. The maximum atomic E-state index is 12.4. The van der Waals surface area contributed by atoms with Crippen LogP contribution in [0, 0.1) is 0 Å². The van der Waals surface area contributed by atoms with Gasteiger partial charge in [0.1, 0.15) is 18.2 Å². The molecule has 0 aliphatic carbocycles. The van der Waals surface area contributed by atoms with E-state index in [2.05, 4.69) is 9.98 Å². The van der Waals surface area contributed by atoms with E-state index in [-0.39, 0.29) is 18.6 Å². The lowest BCUT2D eigenvalue weighted by molar-refractivity contribution is -0.138. The number of pyridine rings is 1. The molecule has 2 aromatic carbocycles. The number of Topliss-reactive ketones (excluding diaryl/α,β-unsaturated/α-hetero) is 1. The molecule has 1 unspecified atom stereocenters. The van der Waals surface area contributed by atoms with Crippen LogP contribution in [0.25, 0.3) is 0 Å². The lowest BCUT2D eigenvalue weighted by Gasteiger charge is -2.18. The molecule has 0 radical (unpaired) electrons. The summed E-state index contributed by atoms with van der Waals surface area (Å²) in [6.07, 6.45) is 2.07. The molecule has 3 aromatic rings. The van der Waals surface area contributed by atoms with Crippen molar-refractivity contribution in [1.82, 2.24) is 4.98 Å². The monoisotopic (exact) mass is 459 g/mol. The molecule has 0 spiro atoms. The van der Waals surface area contributed by atoms with Crippen LogP contribution in [-0.2, 0) is 11.2 Å². The number of rotatable bonds is 12. The number of likely N-dealkylation sites (N-methyl/N-ethyl adjacent to an activating group) is 1. The Hall–Kier alpha value is -4.00. The molecule has 1 atom stereocenters. The van der Waals surface area contributed by atoms with Crippen LogP contribution in [0.2, 0.25) is 0 Å². The number of carbonyl (C=O) groups is 2. The number of ketones is 1. The molecule has 7 nitrogen and oxygen atoms in total. The zero-order chi connectivity index (χ0) is 24.3. The van der Waals surface area contributed by atoms with Gasteiger partial charge in [-0.1, -0.05) is 48.5 Å². The van der Waals surface area contributed by atoms with Crippen molar-refractivity contribution >= 4 is 23.3 Å². The second-order valence-corrected chi connectivity index (χ2v) is 7.99. The minimum absolute atomic E-state index is 0.0822. The number of anilines is 1. The fourth-order valence-electron chi connectivity index (χ4n) is 3.40. The highest BCUT2D eigenvalue weighted by atomic mass is 16.5. The molecule has 0 bridgehead atoms. The van der Waals surface area contributed by atoms with Crippen LogP contribution >= 0.6 is 0 Å². The Morgan fingerprint density at radius 1 is 1.03 bits per heavy atom. The van der Waals surface area contributed by atoms with Crippen LogP contribution < -0.4 is 9.64 Å². The van der Waals surface area contributed by atoms with Gasteiger partial charge in [-0.05, 0) is 36.8 Å². The fraction of sp³-hybridized carbons (Fsp3) is 0.259.